The average molecular weight is 397 g/mol. The first kappa shape index (κ1) is 18.7. The molecule has 1 aromatic carbocycles. The van der Waals surface area contributed by atoms with Crippen LogP contribution in [0.5, 0.6) is 5.75 Å². The van der Waals surface area contributed by atoms with E-state index < -0.39 is 0 Å². The van der Waals surface area contributed by atoms with E-state index >= 15 is 0 Å². The van der Waals surface area contributed by atoms with Crippen molar-refractivity contribution in [2.75, 3.05) is 26.2 Å². The molecule has 1 aliphatic rings. The molecule has 7 heteroatoms. The minimum Gasteiger partial charge on any atom is -0.492 e. The van der Waals surface area contributed by atoms with E-state index in [1.165, 1.54) is 4.88 Å². The van der Waals surface area contributed by atoms with Gasteiger partial charge in [0.2, 0.25) is 0 Å². The first-order valence-corrected chi connectivity index (χ1v) is 10.4. The van der Waals surface area contributed by atoms with Gasteiger partial charge in [0.15, 0.2) is 0 Å². The molecule has 0 unspecified atom stereocenters. The molecule has 4 rings (SSSR count). The number of amides is 1. The van der Waals surface area contributed by atoms with Gasteiger partial charge in [0, 0.05) is 37.5 Å². The molecule has 3 aromatic rings. The van der Waals surface area contributed by atoms with Crippen LogP contribution in [0, 0.1) is 0 Å². The maximum absolute atomic E-state index is 12.6. The second kappa shape index (κ2) is 9.03. The Balaban J connectivity index is 1.29. The zero-order valence-electron chi connectivity index (χ0n) is 15.7. The Labute approximate surface area is 168 Å². The van der Waals surface area contributed by atoms with E-state index in [2.05, 4.69) is 37.3 Å². The van der Waals surface area contributed by atoms with Gasteiger partial charge in [-0.2, -0.15) is 0 Å². The van der Waals surface area contributed by atoms with E-state index in [1.807, 2.05) is 30.3 Å². The molecule has 146 valence electrons. The van der Waals surface area contributed by atoms with Gasteiger partial charge in [-0.25, -0.2) is 4.98 Å². The van der Waals surface area contributed by atoms with Crippen molar-refractivity contribution in [2.45, 2.75) is 19.5 Å². The summed E-state index contributed by atoms with van der Waals surface area (Å²) in [5.41, 5.74) is 0.632. The number of thiophene rings is 1. The number of nitrogens with one attached hydrogen (secondary N) is 1. The summed E-state index contributed by atoms with van der Waals surface area (Å²) in [6.45, 7) is 4.51. The lowest BCUT2D eigenvalue weighted by atomic mass is 10.3. The van der Waals surface area contributed by atoms with Crippen molar-refractivity contribution in [3.63, 3.8) is 0 Å². The topological polar surface area (TPSA) is 59.4 Å². The average Bonchev–Trinajstić information content (AvgIpc) is 3.33. The highest BCUT2D eigenvalue weighted by Crippen LogP contribution is 2.16. The summed E-state index contributed by atoms with van der Waals surface area (Å²) in [4.78, 5) is 20.9. The molecule has 0 aliphatic carbocycles. The third-order valence-electron chi connectivity index (χ3n) is 4.82. The van der Waals surface area contributed by atoms with Crippen molar-refractivity contribution in [2.24, 2.45) is 0 Å². The Bertz CT molecular complexity index is 893. The first-order valence-electron chi connectivity index (χ1n) is 9.55. The van der Waals surface area contributed by atoms with Gasteiger partial charge in [0.25, 0.3) is 5.91 Å². The van der Waals surface area contributed by atoms with Crippen LogP contribution in [0.4, 0.5) is 0 Å². The highest BCUT2D eigenvalue weighted by Gasteiger charge is 2.20. The number of hydrogen-bond acceptors (Lipinski definition) is 5. The quantitative estimate of drug-likeness (QED) is 0.624. The molecule has 3 heterocycles. The lowest BCUT2D eigenvalue weighted by molar-refractivity contribution is 0.0937. The van der Waals surface area contributed by atoms with Crippen LogP contribution >= 0.6 is 11.3 Å². The molecular formula is C21H24N4O2S. The fourth-order valence-corrected chi connectivity index (χ4v) is 4.12. The molecule has 0 saturated carbocycles. The molecule has 1 N–H and O–H groups in total. The van der Waals surface area contributed by atoms with E-state index in [4.69, 9.17) is 4.74 Å². The summed E-state index contributed by atoms with van der Waals surface area (Å²) in [6, 6.07) is 13.9. The molecule has 2 aromatic heterocycles. The molecule has 6 nitrogen and oxygen atoms in total. The van der Waals surface area contributed by atoms with E-state index in [0.717, 1.165) is 44.2 Å². The van der Waals surface area contributed by atoms with E-state index in [-0.39, 0.29) is 5.91 Å². The summed E-state index contributed by atoms with van der Waals surface area (Å²) in [5, 5.41) is 5.05. The first-order chi connectivity index (χ1) is 13.8. The van der Waals surface area contributed by atoms with Crippen molar-refractivity contribution in [3.05, 3.63) is 70.4 Å². The standard InChI is InChI=1S/C21H24N4O2S/c26-21(22-9-13-27-17-5-2-1-3-6-17)19-15-23-20-8-10-24(11-12-25(19)20)16-18-7-4-14-28-18/h1-7,14-15H,8-13,16H2,(H,22,26). The minimum atomic E-state index is -0.0953. The molecule has 0 atom stereocenters. The van der Waals surface area contributed by atoms with E-state index in [0.29, 0.717) is 18.8 Å². The predicted octanol–water partition coefficient (Wildman–Crippen LogP) is 2.81. The predicted molar refractivity (Wildman–Crippen MR) is 110 cm³/mol. The maximum atomic E-state index is 12.6. The number of fused-ring (bicyclic) bond motifs is 1. The third kappa shape index (κ3) is 4.61. The summed E-state index contributed by atoms with van der Waals surface area (Å²) in [5.74, 6) is 1.70. The SMILES string of the molecule is O=C(NCCOc1ccccc1)c1cnc2n1CCN(Cc1cccs1)CC2. The van der Waals surface area contributed by atoms with Crippen LogP contribution in [0.25, 0.3) is 0 Å². The zero-order chi connectivity index (χ0) is 19.2. The number of carbonyl (C=O) groups is 1. The Morgan fingerprint density at radius 2 is 2.04 bits per heavy atom. The fraction of sp³-hybridized carbons (Fsp3) is 0.333. The van der Waals surface area contributed by atoms with Gasteiger partial charge in [-0.05, 0) is 23.6 Å². The zero-order valence-corrected chi connectivity index (χ0v) is 16.5. The highest BCUT2D eigenvalue weighted by atomic mass is 32.1. The number of imidazole rings is 1. The summed E-state index contributed by atoms with van der Waals surface area (Å²) >= 11 is 1.79. The van der Waals surface area contributed by atoms with Crippen molar-refractivity contribution in [1.82, 2.24) is 19.8 Å². The summed E-state index contributed by atoms with van der Waals surface area (Å²) in [6.07, 6.45) is 2.55. The molecular weight excluding hydrogens is 372 g/mol. The van der Waals surface area contributed by atoms with Crippen molar-refractivity contribution in [1.29, 1.82) is 0 Å². The Hall–Kier alpha value is -2.64. The van der Waals surface area contributed by atoms with Gasteiger partial charge in [-0.1, -0.05) is 24.3 Å². The van der Waals surface area contributed by atoms with Crippen LogP contribution < -0.4 is 10.1 Å². The number of nitrogens with zero attached hydrogens (tertiary/aromatic N) is 3. The van der Waals surface area contributed by atoms with Crippen molar-refractivity contribution in [3.8, 4) is 5.75 Å². The number of aromatic nitrogens is 2. The monoisotopic (exact) mass is 396 g/mol. The second-order valence-corrected chi connectivity index (χ2v) is 7.77. The Kier molecular flexibility index (Phi) is 6.04. The molecule has 1 aliphatic heterocycles. The number of carbonyl (C=O) groups excluding carboxylic acids is 1. The van der Waals surface area contributed by atoms with Gasteiger partial charge in [-0.15, -0.1) is 11.3 Å². The van der Waals surface area contributed by atoms with Gasteiger partial charge >= 0.3 is 0 Å². The normalized spacial score (nSPS) is 14.3. The van der Waals surface area contributed by atoms with Gasteiger partial charge in [-0.3, -0.25) is 9.69 Å². The molecule has 1 amide bonds. The number of hydrogen-bond donors (Lipinski definition) is 1. The molecule has 0 spiro atoms. The smallest absolute Gasteiger partial charge is 0.269 e. The number of benzene rings is 1. The summed E-state index contributed by atoms with van der Waals surface area (Å²) < 4.78 is 7.68. The van der Waals surface area contributed by atoms with Gasteiger partial charge in [0.1, 0.15) is 23.9 Å². The lowest BCUT2D eigenvalue weighted by Crippen LogP contribution is -2.31. The fourth-order valence-electron chi connectivity index (χ4n) is 3.38. The van der Waals surface area contributed by atoms with Crippen LogP contribution in [-0.2, 0) is 19.5 Å². The van der Waals surface area contributed by atoms with Crippen LogP contribution in [0.3, 0.4) is 0 Å². The van der Waals surface area contributed by atoms with Gasteiger partial charge < -0.3 is 14.6 Å². The molecule has 0 radical (unpaired) electrons. The maximum Gasteiger partial charge on any atom is 0.269 e. The lowest BCUT2D eigenvalue weighted by Gasteiger charge is -2.18. The minimum absolute atomic E-state index is 0.0953. The Morgan fingerprint density at radius 1 is 1.14 bits per heavy atom. The van der Waals surface area contributed by atoms with Crippen molar-refractivity contribution < 1.29 is 9.53 Å². The van der Waals surface area contributed by atoms with E-state index in [1.54, 1.807) is 17.5 Å². The third-order valence-corrected chi connectivity index (χ3v) is 5.68. The molecule has 0 saturated heterocycles. The molecule has 0 bridgehead atoms. The number of para-hydroxylation sites is 1. The van der Waals surface area contributed by atoms with Crippen molar-refractivity contribution >= 4 is 17.2 Å². The Morgan fingerprint density at radius 3 is 2.86 bits per heavy atom. The summed E-state index contributed by atoms with van der Waals surface area (Å²) in [7, 11) is 0. The number of ether oxygens (including phenoxy) is 1. The van der Waals surface area contributed by atoms with Crippen LogP contribution in [0.1, 0.15) is 21.2 Å². The second-order valence-electron chi connectivity index (χ2n) is 6.73. The number of rotatable bonds is 7. The van der Waals surface area contributed by atoms with Crippen LogP contribution in [0.15, 0.2) is 54.0 Å². The highest BCUT2D eigenvalue weighted by molar-refractivity contribution is 7.09. The largest absolute Gasteiger partial charge is 0.492 e. The molecule has 28 heavy (non-hydrogen) atoms. The van der Waals surface area contributed by atoms with Crippen LogP contribution in [-0.4, -0.2) is 46.6 Å². The molecule has 0 fully saturated rings. The van der Waals surface area contributed by atoms with Gasteiger partial charge in [0.05, 0.1) is 12.7 Å². The van der Waals surface area contributed by atoms with E-state index in [9.17, 15) is 4.79 Å². The van der Waals surface area contributed by atoms with Crippen LogP contribution in [0.2, 0.25) is 0 Å².